The molecule has 2 aromatic heterocycles. The number of hydrogen-bond acceptors (Lipinski definition) is 5. The van der Waals surface area contributed by atoms with Gasteiger partial charge in [-0.3, -0.25) is 4.68 Å². The van der Waals surface area contributed by atoms with Gasteiger partial charge in [0.05, 0.1) is 5.69 Å². The molecule has 6 nitrogen and oxygen atoms in total. The Labute approximate surface area is 109 Å². The highest BCUT2D eigenvalue weighted by molar-refractivity contribution is 7.91. The largest absolute Gasteiger partial charge is 0.398 e. The number of thiophene rings is 1. The van der Waals surface area contributed by atoms with Gasteiger partial charge < -0.3 is 5.73 Å². The predicted molar refractivity (Wildman–Crippen MR) is 70.8 cm³/mol. The normalized spacial score (nSPS) is 11.8. The van der Waals surface area contributed by atoms with E-state index in [4.69, 9.17) is 5.73 Å². The number of nitrogen functional groups attached to an aromatic ring is 1. The van der Waals surface area contributed by atoms with E-state index >= 15 is 0 Å². The van der Waals surface area contributed by atoms with Gasteiger partial charge in [0, 0.05) is 37.3 Å². The van der Waals surface area contributed by atoms with Crippen molar-refractivity contribution in [2.75, 3.05) is 12.3 Å². The summed E-state index contributed by atoms with van der Waals surface area (Å²) in [5.74, 6) is 0. The summed E-state index contributed by atoms with van der Waals surface area (Å²) in [6.07, 6.45) is 2.38. The molecule has 0 atom stereocenters. The third-order valence-corrected chi connectivity index (χ3v) is 5.22. The lowest BCUT2D eigenvalue weighted by atomic mass is 10.3. The molecule has 3 N–H and O–H groups in total. The van der Waals surface area contributed by atoms with E-state index < -0.39 is 10.0 Å². The maximum Gasteiger partial charge on any atom is 0.250 e. The van der Waals surface area contributed by atoms with Crippen LogP contribution < -0.4 is 10.5 Å². The van der Waals surface area contributed by atoms with E-state index in [2.05, 4.69) is 9.82 Å². The van der Waals surface area contributed by atoms with Crippen LogP contribution >= 0.6 is 11.3 Å². The smallest absolute Gasteiger partial charge is 0.250 e. The van der Waals surface area contributed by atoms with E-state index in [-0.39, 0.29) is 4.21 Å². The molecule has 2 rings (SSSR count). The summed E-state index contributed by atoms with van der Waals surface area (Å²) in [7, 11) is -1.63. The third-order valence-electron chi connectivity index (χ3n) is 2.30. The van der Waals surface area contributed by atoms with Gasteiger partial charge >= 0.3 is 0 Å². The highest BCUT2D eigenvalue weighted by Crippen LogP contribution is 2.21. The summed E-state index contributed by atoms with van der Waals surface area (Å²) < 4.78 is 28.2. The Balaban J connectivity index is 1.93. The molecule has 0 bridgehead atoms. The first-order chi connectivity index (χ1) is 8.47. The van der Waals surface area contributed by atoms with Crippen LogP contribution in [0.25, 0.3) is 0 Å². The van der Waals surface area contributed by atoms with Crippen LogP contribution in [-0.4, -0.2) is 24.7 Å². The number of sulfonamides is 1. The maximum absolute atomic E-state index is 11.9. The van der Waals surface area contributed by atoms with E-state index in [0.717, 1.165) is 17.0 Å². The molecule has 0 fully saturated rings. The zero-order valence-corrected chi connectivity index (χ0v) is 11.5. The Hall–Kier alpha value is -1.38. The fourth-order valence-electron chi connectivity index (χ4n) is 1.45. The number of nitrogens with one attached hydrogen (secondary N) is 1. The van der Waals surface area contributed by atoms with Crippen molar-refractivity contribution in [3.8, 4) is 0 Å². The molecule has 0 aromatic carbocycles. The maximum atomic E-state index is 11.9. The Morgan fingerprint density at radius 1 is 1.56 bits per heavy atom. The van der Waals surface area contributed by atoms with Gasteiger partial charge in [0.1, 0.15) is 4.21 Å². The van der Waals surface area contributed by atoms with Crippen LogP contribution in [0, 0.1) is 0 Å². The van der Waals surface area contributed by atoms with E-state index in [1.807, 2.05) is 19.3 Å². The Morgan fingerprint density at radius 2 is 2.33 bits per heavy atom. The molecule has 0 spiro atoms. The summed E-state index contributed by atoms with van der Waals surface area (Å²) >= 11 is 1.11. The summed E-state index contributed by atoms with van der Waals surface area (Å²) in [5, 5.41) is 5.78. The predicted octanol–water partition coefficient (Wildman–Crippen LogP) is 0.585. The lowest BCUT2D eigenvalue weighted by Gasteiger charge is -2.02. The van der Waals surface area contributed by atoms with Crippen LogP contribution in [0.1, 0.15) is 5.69 Å². The molecule has 0 unspecified atom stereocenters. The molecule has 98 valence electrons. The minimum absolute atomic E-state index is 0.237. The van der Waals surface area contributed by atoms with Gasteiger partial charge in [-0.05, 0) is 12.1 Å². The van der Waals surface area contributed by atoms with Crippen LogP contribution in [0.3, 0.4) is 0 Å². The minimum Gasteiger partial charge on any atom is -0.398 e. The zero-order chi connectivity index (χ0) is 13.2. The van der Waals surface area contributed by atoms with Gasteiger partial charge in [-0.15, -0.1) is 11.3 Å². The molecule has 0 saturated heterocycles. The number of anilines is 1. The van der Waals surface area contributed by atoms with Crippen molar-refractivity contribution in [3.63, 3.8) is 0 Å². The molecule has 18 heavy (non-hydrogen) atoms. The minimum atomic E-state index is -3.45. The first-order valence-electron chi connectivity index (χ1n) is 5.29. The highest BCUT2D eigenvalue weighted by Gasteiger charge is 2.15. The topological polar surface area (TPSA) is 90.0 Å². The van der Waals surface area contributed by atoms with Crippen LogP contribution in [0.4, 0.5) is 5.69 Å². The molecular formula is C10H14N4O2S2. The number of aryl methyl sites for hydroxylation is 1. The zero-order valence-electron chi connectivity index (χ0n) is 9.83. The Kier molecular flexibility index (Phi) is 3.69. The van der Waals surface area contributed by atoms with E-state index in [1.54, 1.807) is 10.1 Å². The second-order valence-corrected chi connectivity index (χ2v) is 6.73. The van der Waals surface area contributed by atoms with E-state index in [9.17, 15) is 8.42 Å². The van der Waals surface area contributed by atoms with Crippen molar-refractivity contribution < 1.29 is 8.42 Å². The number of aromatic nitrogens is 2. The summed E-state index contributed by atoms with van der Waals surface area (Å²) in [5.41, 5.74) is 6.82. The number of rotatable bonds is 5. The molecule has 0 saturated carbocycles. The molecule has 0 aliphatic heterocycles. The molecule has 0 aliphatic carbocycles. The second kappa shape index (κ2) is 5.09. The second-order valence-electron chi connectivity index (χ2n) is 3.83. The molecular weight excluding hydrogens is 272 g/mol. The fourth-order valence-corrected chi connectivity index (χ4v) is 3.61. The fraction of sp³-hybridized carbons (Fsp3) is 0.300. The van der Waals surface area contributed by atoms with Crippen molar-refractivity contribution in [2.45, 2.75) is 10.6 Å². The molecule has 2 aromatic rings. The van der Waals surface area contributed by atoms with Gasteiger partial charge in [-0.2, -0.15) is 5.10 Å². The van der Waals surface area contributed by atoms with Crippen LogP contribution in [0.15, 0.2) is 27.9 Å². The lowest BCUT2D eigenvalue weighted by Crippen LogP contribution is -2.25. The van der Waals surface area contributed by atoms with Gasteiger partial charge in [0.15, 0.2) is 0 Å². The number of hydrogen-bond donors (Lipinski definition) is 2. The van der Waals surface area contributed by atoms with Crippen molar-refractivity contribution >= 4 is 27.0 Å². The lowest BCUT2D eigenvalue weighted by molar-refractivity contribution is 0.583. The SMILES string of the molecule is Cn1ccc(CCNS(=O)(=O)c2cc(N)cs2)n1. The average Bonchev–Trinajstić information content (AvgIpc) is 2.88. The van der Waals surface area contributed by atoms with E-state index in [1.165, 1.54) is 6.07 Å². The molecule has 0 aliphatic rings. The quantitative estimate of drug-likeness (QED) is 0.841. The average molecular weight is 286 g/mol. The van der Waals surface area contributed by atoms with Gasteiger partial charge in [-0.1, -0.05) is 0 Å². The van der Waals surface area contributed by atoms with Gasteiger partial charge in [-0.25, -0.2) is 13.1 Å². The van der Waals surface area contributed by atoms with Crippen molar-refractivity contribution in [2.24, 2.45) is 7.05 Å². The van der Waals surface area contributed by atoms with Crippen molar-refractivity contribution in [1.82, 2.24) is 14.5 Å². The number of nitrogens with zero attached hydrogens (tertiary/aromatic N) is 2. The highest BCUT2D eigenvalue weighted by atomic mass is 32.2. The monoisotopic (exact) mass is 286 g/mol. The number of nitrogens with two attached hydrogens (primary N) is 1. The summed E-state index contributed by atoms with van der Waals surface area (Å²) in [6, 6.07) is 3.31. The van der Waals surface area contributed by atoms with Gasteiger partial charge in [0.2, 0.25) is 10.0 Å². The molecule has 8 heteroatoms. The first-order valence-corrected chi connectivity index (χ1v) is 7.66. The summed E-state index contributed by atoms with van der Waals surface area (Å²) in [4.78, 5) is 0. The Bertz CT molecular complexity index is 630. The molecule has 0 amide bonds. The van der Waals surface area contributed by atoms with Crippen LogP contribution in [0.5, 0.6) is 0 Å². The summed E-state index contributed by atoms with van der Waals surface area (Å²) in [6.45, 7) is 0.317. The van der Waals surface area contributed by atoms with Crippen LogP contribution in [-0.2, 0) is 23.5 Å². The third kappa shape index (κ3) is 3.09. The van der Waals surface area contributed by atoms with Crippen molar-refractivity contribution in [1.29, 1.82) is 0 Å². The first kappa shape index (κ1) is 13.1. The molecule has 2 heterocycles. The van der Waals surface area contributed by atoms with Crippen molar-refractivity contribution in [3.05, 3.63) is 29.4 Å². The molecule has 0 radical (unpaired) electrons. The van der Waals surface area contributed by atoms with E-state index in [0.29, 0.717) is 18.7 Å². The van der Waals surface area contributed by atoms with Crippen LogP contribution in [0.2, 0.25) is 0 Å². The van der Waals surface area contributed by atoms with Gasteiger partial charge in [0.25, 0.3) is 0 Å². The standard InChI is InChI=1S/C10H14N4O2S2/c1-14-5-3-9(13-14)2-4-12-18(15,16)10-6-8(11)7-17-10/h3,5-7,12H,2,4,11H2,1H3. The Morgan fingerprint density at radius 3 is 2.89 bits per heavy atom.